The van der Waals surface area contributed by atoms with E-state index in [1.54, 1.807) is 13.0 Å². The van der Waals surface area contributed by atoms with Crippen LogP contribution >= 0.6 is 11.8 Å². The first-order valence-corrected chi connectivity index (χ1v) is 10.4. The molecule has 0 aliphatic carbocycles. The highest BCUT2D eigenvalue weighted by molar-refractivity contribution is 8.00. The van der Waals surface area contributed by atoms with Crippen molar-refractivity contribution in [1.29, 1.82) is 0 Å². The predicted molar refractivity (Wildman–Crippen MR) is 116 cm³/mol. The number of hydrogen-bond donors (Lipinski definition) is 1. The third-order valence-corrected chi connectivity index (χ3v) is 5.56. The second kappa shape index (κ2) is 9.47. The molecule has 1 aromatic heterocycles. The zero-order valence-corrected chi connectivity index (χ0v) is 18.3. The van der Waals surface area contributed by atoms with Crippen LogP contribution in [0.25, 0.3) is 5.69 Å². The standard InChI is InChI=1S/C22H20F3N3O3S/c1-13-4-7-17(12-14(13)2)28-20(29)11-10-19(27-28)32-15(3)21(30)26-16-5-8-18(9-6-16)31-22(23,24)25/h4-12,15H,1-3H3,(H,26,30)/t15-/m0/s1. The number of ether oxygens (including phenoxy) is 1. The molecular weight excluding hydrogens is 443 g/mol. The van der Waals surface area contributed by atoms with Crippen molar-refractivity contribution in [2.75, 3.05) is 5.32 Å². The molecule has 1 amide bonds. The fourth-order valence-corrected chi connectivity index (χ4v) is 3.52. The number of nitrogens with one attached hydrogen (secondary N) is 1. The Labute approximate surface area is 186 Å². The summed E-state index contributed by atoms with van der Waals surface area (Å²) >= 11 is 1.15. The van der Waals surface area contributed by atoms with Crippen LogP contribution in [0, 0.1) is 13.8 Å². The Hall–Kier alpha value is -3.27. The number of rotatable bonds is 6. The minimum Gasteiger partial charge on any atom is -0.406 e. The molecule has 1 heterocycles. The van der Waals surface area contributed by atoms with Gasteiger partial charge in [0, 0.05) is 11.8 Å². The van der Waals surface area contributed by atoms with Crippen molar-refractivity contribution in [2.24, 2.45) is 0 Å². The van der Waals surface area contributed by atoms with Crippen molar-refractivity contribution < 1.29 is 22.7 Å². The fourth-order valence-electron chi connectivity index (χ4n) is 2.72. The van der Waals surface area contributed by atoms with Crippen LogP contribution in [0.4, 0.5) is 18.9 Å². The van der Waals surface area contributed by atoms with Crippen molar-refractivity contribution in [3.63, 3.8) is 0 Å². The van der Waals surface area contributed by atoms with E-state index in [1.807, 2.05) is 26.0 Å². The molecule has 0 bridgehead atoms. The average Bonchev–Trinajstić information content (AvgIpc) is 2.72. The Bertz CT molecular complexity index is 1180. The largest absolute Gasteiger partial charge is 0.573 e. The number of halogens is 3. The Morgan fingerprint density at radius 3 is 2.38 bits per heavy atom. The van der Waals surface area contributed by atoms with Crippen LogP contribution in [0.5, 0.6) is 5.75 Å². The molecule has 0 unspecified atom stereocenters. The third kappa shape index (κ3) is 6.13. The first-order chi connectivity index (χ1) is 15.0. The van der Waals surface area contributed by atoms with Crippen molar-refractivity contribution in [2.45, 2.75) is 37.4 Å². The number of amides is 1. The van der Waals surface area contributed by atoms with E-state index in [4.69, 9.17) is 0 Å². The SMILES string of the molecule is Cc1ccc(-n2nc(S[C@@H](C)C(=O)Nc3ccc(OC(F)(F)F)cc3)ccc2=O)cc1C. The quantitative estimate of drug-likeness (QED) is 0.528. The minimum absolute atomic E-state index is 0.295. The van der Waals surface area contributed by atoms with Gasteiger partial charge < -0.3 is 10.1 Å². The molecule has 0 aliphatic heterocycles. The highest BCUT2D eigenvalue weighted by Crippen LogP contribution is 2.25. The van der Waals surface area contributed by atoms with Gasteiger partial charge in [-0.25, -0.2) is 0 Å². The van der Waals surface area contributed by atoms with E-state index in [0.717, 1.165) is 35.0 Å². The van der Waals surface area contributed by atoms with Crippen LogP contribution in [0.1, 0.15) is 18.1 Å². The lowest BCUT2D eigenvalue weighted by atomic mass is 10.1. The molecule has 0 radical (unpaired) electrons. The van der Waals surface area contributed by atoms with Gasteiger partial charge in [-0.15, -0.1) is 13.2 Å². The molecule has 0 fully saturated rings. The highest BCUT2D eigenvalue weighted by Gasteiger charge is 2.31. The number of aromatic nitrogens is 2. The van der Waals surface area contributed by atoms with E-state index in [0.29, 0.717) is 16.4 Å². The molecule has 3 rings (SSSR count). The molecule has 10 heteroatoms. The number of benzene rings is 2. The maximum atomic E-state index is 12.5. The molecule has 1 atom stereocenters. The minimum atomic E-state index is -4.78. The van der Waals surface area contributed by atoms with Gasteiger partial charge in [-0.05, 0) is 74.4 Å². The number of carbonyl (C=O) groups excluding carboxylic acids is 1. The van der Waals surface area contributed by atoms with Gasteiger partial charge in [0.1, 0.15) is 10.8 Å². The lowest BCUT2D eigenvalue weighted by molar-refractivity contribution is -0.274. The summed E-state index contributed by atoms with van der Waals surface area (Å²) in [5.41, 5.74) is 2.77. The summed E-state index contributed by atoms with van der Waals surface area (Å²) in [6, 6.07) is 13.3. The summed E-state index contributed by atoms with van der Waals surface area (Å²) in [6.07, 6.45) is -4.78. The maximum absolute atomic E-state index is 12.5. The van der Waals surface area contributed by atoms with Gasteiger partial charge in [-0.3, -0.25) is 9.59 Å². The van der Waals surface area contributed by atoms with Gasteiger partial charge in [-0.2, -0.15) is 9.78 Å². The second-order valence-electron chi connectivity index (χ2n) is 7.01. The monoisotopic (exact) mass is 463 g/mol. The van der Waals surface area contributed by atoms with Crippen molar-refractivity contribution in [3.8, 4) is 11.4 Å². The number of anilines is 1. The third-order valence-electron chi connectivity index (χ3n) is 4.53. The Kier molecular flexibility index (Phi) is 6.93. The Balaban J connectivity index is 1.69. The van der Waals surface area contributed by atoms with Crippen LogP contribution < -0.4 is 15.6 Å². The van der Waals surface area contributed by atoms with Crippen LogP contribution in [0.3, 0.4) is 0 Å². The van der Waals surface area contributed by atoms with Gasteiger partial charge in [0.15, 0.2) is 0 Å². The molecule has 2 aromatic carbocycles. The summed E-state index contributed by atoms with van der Waals surface area (Å²) in [5.74, 6) is -0.749. The zero-order chi connectivity index (χ0) is 23.5. The topological polar surface area (TPSA) is 73.2 Å². The van der Waals surface area contributed by atoms with E-state index >= 15 is 0 Å². The van der Waals surface area contributed by atoms with E-state index in [-0.39, 0.29) is 17.2 Å². The zero-order valence-electron chi connectivity index (χ0n) is 17.4. The van der Waals surface area contributed by atoms with Crippen LogP contribution in [-0.4, -0.2) is 27.3 Å². The average molecular weight is 463 g/mol. The van der Waals surface area contributed by atoms with Gasteiger partial charge in [-0.1, -0.05) is 17.8 Å². The van der Waals surface area contributed by atoms with Crippen molar-refractivity contribution in [3.05, 3.63) is 76.1 Å². The highest BCUT2D eigenvalue weighted by atomic mass is 32.2. The Morgan fingerprint density at radius 2 is 1.75 bits per heavy atom. The molecule has 0 saturated carbocycles. The molecule has 168 valence electrons. The lowest BCUT2D eigenvalue weighted by Gasteiger charge is -2.13. The molecule has 0 spiro atoms. The summed E-state index contributed by atoms with van der Waals surface area (Å²) in [7, 11) is 0. The molecule has 0 saturated heterocycles. The summed E-state index contributed by atoms with van der Waals surface area (Å²) < 4.78 is 41.8. The number of alkyl halides is 3. The van der Waals surface area contributed by atoms with Crippen molar-refractivity contribution >= 4 is 23.4 Å². The van der Waals surface area contributed by atoms with Crippen LogP contribution in [0.15, 0.2) is 64.4 Å². The summed E-state index contributed by atoms with van der Waals surface area (Å²) in [6.45, 7) is 5.57. The molecule has 1 N–H and O–H groups in total. The number of aryl methyl sites for hydroxylation is 2. The Morgan fingerprint density at radius 1 is 1.06 bits per heavy atom. The normalized spacial score (nSPS) is 12.3. The first-order valence-electron chi connectivity index (χ1n) is 9.53. The number of nitrogens with zero attached hydrogens (tertiary/aromatic N) is 2. The predicted octanol–water partition coefficient (Wildman–Crippen LogP) is 4.87. The second-order valence-corrected chi connectivity index (χ2v) is 8.37. The molecular formula is C22H20F3N3O3S. The van der Waals surface area contributed by atoms with E-state index in [2.05, 4.69) is 15.2 Å². The van der Waals surface area contributed by atoms with Gasteiger partial charge in [0.05, 0.1) is 10.9 Å². The fraction of sp³-hybridized carbons (Fsp3) is 0.227. The van der Waals surface area contributed by atoms with E-state index in [1.165, 1.54) is 28.9 Å². The van der Waals surface area contributed by atoms with Gasteiger partial charge >= 0.3 is 6.36 Å². The number of hydrogen-bond acceptors (Lipinski definition) is 5. The van der Waals surface area contributed by atoms with E-state index < -0.39 is 11.6 Å². The lowest BCUT2D eigenvalue weighted by Crippen LogP contribution is -2.24. The molecule has 3 aromatic rings. The number of thioether (sulfide) groups is 1. The molecule has 6 nitrogen and oxygen atoms in total. The van der Waals surface area contributed by atoms with Crippen LogP contribution in [-0.2, 0) is 4.79 Å². The van der Waals surface area contributed by atoms with Crippen molar-refractivity contribution in [1.82, 2.24) is 9.78 Å². The van der Waals surface area contributed by atoms with E-state index in [9.17, 15) is 22.8 Å². The van der Waals surface area contributed by atoms with Gasteiger partial charge in [0.25, 0.3) is 5.56 Å². The van der Waals surface area contributed by atoms with Crippen LogP contribution in [0.2, 0.25) is 0 Å². The summed E-state index contributed by atoms with van der Waals surface area (Å²) in [5, 5.41) is 6.87. The number of carbonyl (C=O) groups is 1. The first kappa shape index (κ1) is 23.4. The molecule has 32 heavy (non-hydrogen) atoms. The smallest absolute Gasteiger partial charge is 0.406 e. The summed E-state index contributed by atoms with van der Waals surface area (Å²) in [4.78, 5) is 24.8. The molecule has 0 aliphatic rings. The van der Waals surface area contributed by atoms with Gasteiger partial charge in [0.2, 0.25) is 5.91 Å². The maximum Gasteiger partial charge on any atom is 0.573 e.